The van der Waals surface area contributed by atoms with Crippen LogP contribution in [0, 0.1) is 11.7 Å². The summed E-state index contributed by atoms with van der Waals surface area (Å²) in [7, 11) is 0. The van der Waals surface area contributed by atoms with Crippen molar-refractivity contribution in [3.05, 3.63) is 29.8 Å². The fraction of sp³-hybridized carbons (Fsp3) is 0.467. The predicted molar refractivity (Wildman–Crippen MR) is 74.5 cm³/mol. The van der Waals surface area contributed by atoms with Crippen molar-refractivity contribution in [3.8, 4) is 11.5 Å². The van der Waals surface area contributed by atoms with Gasteiger partial charge in [-0.15, -0.1) is 0 Å². The van der Waals surface area contributed by atoms with Crippen molar-refractivity contribution < 1.29 is 8.91 Å². The number of hydrogen-bond donors (Lipinski definition) is 1. The summed E-state index contributed by atoms with van der Waals surface area (Å²) in [4.78, 5) is 4.41. The monoisotopic (exact) mass is 275 g/mol. The quantitative estimate of drug-likeness (QED) is 0.866. The molecule has 1 aliphatic carbocycles. The van der Waals surface area contributed by atoms with E-state index in [0.29, 0.717) is 17.4 Å². The zero-order valence-electron chi connectivity index (χ0n) is 11.5. The molecular formula is C15H18FN3O. The first kappa shape index (κ1) is 13.1. The number of para-hydroxylation sites is 1. The number of benzene rings is 1. The summed E-state index contributed by atoms with van der Waals surface area (Å²) in [5, 5.41) is 4.05. The van der Waals surface area contributed by atoms with Crippen LogP contribution in [0.1, 0.15) is 44.3 Å². The Balaban J connectivity index is 1.85. The lowest BCUT2D eigenvalue weighted by molar-refractivity contribution is 0.413. The van der Waals surface area contributed by atoms with Crippen LogP contribution in [0.2, 0.25) is 0 Å². The van der Waals surface area contributed by atoms with Crippen LogP contribution in [-0.4, -0.2) is 10.1 Å². The maximum Gasteiger partial charge on any atom is 0.260 e. The van der Waals surface area contributed by atoms with Crippen molar-refractivity contribution in [2.45, 2.75) is 38.5 Å². The summed E-state index contributed by atoms with van der Waals surface area (Å²) in [6.45, 7) is 2.21. The van der Waals surface area contributed by atoms with E-state index >= 15 is 0 Å². The second-order valence-electron chi connectivity index (χ2n) is 5.44. The Bertz CT molecular complexity index is 611. The lowest BCUT2D eigenvalue weighted by Crippen LogP contribution is -1.98. The molecule has 4 nitrogen and oxygen atoms in total. The summed E-state index contributed by atoms with van der Waals surface area (Å²) >= 11 is 0. The Morgan fingerprint density at radius 2 is 2.25 bits per heavy atom. The normalized spacial score (nSPS) is 22.3. The number of halogens is 1. The summed E-state index contributed by atoms with van der Waals surface area (Å²) in [5.41, 5.74) is 6.24. The number of aromatic nitrogens is 2. The van der Waals surface area contributed by atoms with Crippen LogP contribution in [0.5, 0.6) is 0 Å². The van der Waals surface area contributed by atoms with Crippen LogP contribution < -0.4 is 5.73 Å². The van der Waals surface area contributed by atoms with E-state index in [1.54, 1.807) is 12.1 Å². The molecule has 2 aromatic rings. The highest BCUT2D eigenvalue weighted by Gasteiger charge is 2.28. The number of hydrogen-bond acceptors (Lipinski definition) is 4. The molecule has 2 atom stereocenters. The van der Waals surface area contributed by atoms with Crippen molar-refractivity contribution in [1.29, 1.82) is 0 Å². The van der Waals surface area contributed by atoms with Gasteiger partial charge in [-0.1, -0.05) is 24.6 Å². The number of rotatable bonds is 3. The molecule has 2 unspecified atom stereocenters. The number of anilines is 1. The molecule has 0 radical (unpaired) electrons. The van der Waals surface area contributed by atoms with Crippen LogP contribution >= 0.6 is 0 Å². The van der Waals surface area contributed by atoms with Gasteiger partial charge in [0.15, 0.2) is 5.82 Å². The zero-order valence-corrected chi connectivity index (χ0v) is 11.5. The molecule has 0 aliphatic heterocycles. The van der Waals surface area contributed by atoms with Crippen molar-refractivity contribution >= 4 is 5.69 Å². The van der Waals surface area contributed by atoms with E-state index in [4.69, 9.17) is 10.3 Å². The molecule has 1 aromatic heterocycles. The minimum absolute atomic E-state index is 0.0561. The third kappa shape index (κ3) is 2.28. The first-order valence-electron chi connectivity index (χ1n) is 7.07. The third-order valence-electron chi connectivity index (χ3n) is 4.21. The van der Waals surface area contributed by atoms with Gasteiger partial charge in [-0.25, -0.2) is 4.39 Å². The second-order valence-corrected chi connectivity index (χ2v) is 5.44. The van der Waals surface area contributed by atoms with Gasteiger partial charge >= 0.3 is 0 Å². The topological polar surface area (TPSA) is 64.9 Å². The Morgan fingerprint density at radius 1 is 1.40 bits per heavy atom. The van der Waals surface area contributed by atoms with Gasteiger partial charge in [-0.05, 0) is 37.3 Å². The molecule has 1 aromatic carbocycles. The van der Waals surface area contributed by atoms with Gasteiger partial charge in [0, 0.05) is 5.92 Å². The highest BCUT2D eigenvalue weighted by Crippen LogP contribution is 2.39. The summed E-state index contributed by atoms with van der Waals surface area (Å²) < 4.78 is 18.7. The summed E-state index contributed by atoms with van der Waals surface area (Å²) in [6.07, 6.45) is 4.61. The van der Waals surface area contributed by atoms with Crippen LogP contribution in [-0.2, 0) is 0 Å². The van der Waals surface area contributed by atoms with E-state index in [1.807, 2.05) is 0 Å². The number of nitrogen functional groups attached to an aromatic ring is 1. The fourth-order valence-electron chi connectivity index (χ4n) is 2.91. The highest BCUT2D eigenvalue weighted by atomic mass is 19.1. The first-order chi connectivity index (χ1) is 9.69. The molecule has 1 fully saturated rings. The van der Waals surface area contributed by atoms with E-state index in [9.17, 15) is 4.39 Å². The highest BCUT2D eigenvalue weighted by molar-refractivity contribution is 5.70. The van der Waals surface area contributed by atoms with Crippen LogP contribution in [0.15, 0.2) is 22.7 Å². The Morgan fingerprint density at radius 3 is 3.00 bits per heavy atom. The Kier molecular flexibility index (Phi) is 3.42. The van der Waals surface area contributed by atoms with Gasteiger partial charge in [-0.2, -0.15) is 4.98 Å². The minimum atomic E-state index is -0.464. The molecule has 2 N–H and O–H groups in total. The predicted octanol–water partition coefficient (Wildman–Crippen LogP) is 3.75. The van der Waals surface area contributed by atoms with Crippen molar-refractivity contribution in [2.24, 2.45) is 5.92 Å². The maximum absolute atomic E-state index is 13.5. The zero-order chi connectivity index (χ0) is 14.1. The average molecular weight is 275 g/mol. The lowest BCUT2D eigenvalue weighted by atomic mass is 10.0. The summed E-state index contributed by atoms with van der Waals surface area (Å²) in [5.74, 6) is 1.67. The van der Waals surface area contributed by atoms with E-state index in [0.717, 1.165) is 24.6 Å². The van der Waals surface area contributed by atoms with Gasteiger partial charge in [0.1, 0.15) is 5.82 Å². The van der Waals surface area contributed by atoms with Crippen molar-refractivity contribution in [3.63, 3.8) is 0 Å². The molecule has 106 valence electrons. The van der Waals surface area contributed by atoms with Gasteiger partial charge < -0.3 is 10.3 Å². The average Bonchev–Trinajstić information content (AvgIpc) is 3.09. The van der Waals surface area contributed by atoms with Crippen LogP contribution in [0.25, 0.3) is 11.5 Å². The molecule has 3 rings (SSSR count). The SMILES string of the molecule is CCC1CCC(c2noc(-c3cccc(F)c3N)n2)C1. The van der Waals surface area contributed by atoms with Crippen LogP contribution in [0.3, 0.4) is 0 Å². The number of nitrogens with two attached hydrogens (primary N) is 1. The lowest BCUT2D eigenvalue weighted by Gasteiger charge is -2.04. The second kappa shape index (κ2) is 5.23. The van der Waals surface area contributed by atoms with Crippen molar-refractivity contribution in [2.75, 3.05) is 5.73 Å². The molecule has 1 heterocycles. The molecule has 0 spiro atoms. The smallest absolute Gasteiger partial charge is 0.260 e. The number of nitrogens with zero attached hydrogens (tertiary/aromatic N) is 2. The summed E-state index contributed by atoms with van der Waals surface area (Å²) in [6, 6.07) is 4.60. The molecule has 5 heteroatoms. The molecule has 0 saturated heterocycles. The van der Waals surface area contributed by atoms with Gasteiger partial charge in [0.2, 0.25) is 0 Å². The van der Waals surface area contributed by atoms with E-state index in [2.05, 4.69) is 17.1 Å². The van der Waals surface area contributed by atoms with E-state index in [-0.39, 0.29) is 5.69 Å². The Labute approximate surface area is 117 Å². The largest absolute Gasteiger partial charge is 0.396 e. The van der Waals surface area contributed by atoms with E-state index < -0.39 is 5.82 Å². The van der Waals surface area contributed by atoms with Crippen molar-refractivity contribution in [1.82, 2.24) is 10.1 Å². The van der Waals surface area contributed by atoms with Gasteiger partial charge in [0.25, 0.3) is 5.89 Å². The van der Waals surface area contributed by atoms with Gasteiger partial charge in [0.05, 0.1) is 11.3 Å². The maximum atomic E-state index is 13.5. The molecule has 0 amide bonds. The first-order valence-corrected chi connectivity index (χ1v) is 7.07. The standard InChI is InChI=1S/C15H18FN3O/c1-2-9-6-7-10(8-9)14-18-15(20-19-14)11-4-3-5-12(16)13(11)17/h3-5,9-10H,2,6-8,17H2,1H3. The van der Waals surface area contributed by atoms with E-state index in [1.165, 1.54) is 18.9 Å². The molecular weight excluding hydrogens is 257 g/mol. The molecule has 1 saturated carbocycles. The third-order valence-corrected chi connectivity index (χ3v) is 4.21. The van der Waals surface area contributed by atoms with Crippen LogP contribution in [0.4, 0.5) is 10.1 Å². The molecule has 20 heavy (non-hydrogen) atoms. The molecule has 0 bridgehead atoms. The minimum Gasteiger partial charge on any atom is -0.396 e. The fourth-order valence-corrected chi connectivity index (χ4v) is 2.91. The molecule has 1 aliphatic rings. The Hall–Kier alpha value is -1.91. The van der Waals surface area contributed by atoms with Gasteiger partial charge in [-0.3, -0.25) is 0 Å².